The van der Waals surface area contributed by atoms with Crippen LogP contribution in [0.4, 0.5) is 5.82 Å². The van der Waals surface area contributed by atoms with Gasteiger partial charge in [0, 0.05) is 26.5 Å². The molecular formula is C13H16N4O2. The molecule has 0 unspecified atom stereocenters. The Morgan fingerprint density at radius 3 is 2.74 bits per heavy atom. The first-order valence-electron chi connectivity index (χ1n) is 5.87. The SMILES string of the molecule is Cc1nc(N(C)Cc2nccn2C)ccc1C(=O)O. The summed E-state index contributed by atoms with van der Waals surface area (Å²) in [4.78, 5) is 21.4. The zero-order valence-corrected chi connectivity index (χ0v) is 11.2. The van der Waals surface area contributed by atoms with Gasteiger partial charge in [0.15, 0.2) is 0 Å². The van der Waals surface area contributed by atoms with Crippen molar-refractivity contribution in [3.05, 3.63) is 41.6 Å². The molecule has 2 aromatic rings. The van der Waals surface area contributed by atoms with Gasteiger partial charge in [0.2, 0.25) is 0 Å². The number of nitrogens with zero attached hydrogens (tertiary/aromatic N) is 4. The van der Waals surface area contributed by atoms with Crippen molar-refractivity contribution >= 4 is 11.8 Å². The fourth-order valence-electron chi connectivity index (χ4n) is 1.83. The van der Waals surface area contributed by atoms with Gasteiger partial charge in [-0.2, -0.15) is 0 Å². The van der Waals surface area contributed by atoms with Crippen molar-refractivity contribution in [2.75, 3.05) is 11.9 Å². The molecule has 19 heavy (non-hydrogen) atoms. The first-order valence-corrected chi connectivity index (χ1v) is 5.87. The Morgan fingerprint density at radius 2 is 2.21 bits per heavy atom. The second-order valence-corrected chi connectivity index (χ2v) is 4.42. The van der Waals surface area contributed by atoms with Gasteiger partial charge in [-0.05, 0) is 19.1 Å². The van der Waals surface area contributed by atoms with Crippen molar-refractivity contribution < 1.29 is 9.90 Å². The van der Waals surface area contributed by atoms with Crippen molar-refractivity contribution in [2.45, 2.75) is 13.5 Å². The van der Waals surface area contributed by atoms with Gasteiger partial charge in [0.25, 0.3) is 0 Å². The van der Waals surface area contributed by atoms with Crippen LogP contribution in [0, 0.1) is 6.92 Å². The van der Waals surface area contributed by atoms with Gasteiger partial charge in [-0.3, -0.25) is 0 Å². The molecule has 0 bridgehead atoms. The normalized spacial score (nSPS) is 10.5. The van der Waals surface area contributed by atoms with Gasteiger partial charge in [0.1, 0.15) is 11.6 Å². The third kappa shape index (κ3) is 2.73. The Bertz CT molecular complexity index is 606. The number of carboxylic acid groups (broad SMARTS) is 1. The maximum atomic E-state index is 10.9. The number of aryl methyl sites for hydroxylation is 2. The lowest BCUT2D eigenvalue weighted by Gasteiger charge is -2.18. The molecule has 0 amide bonds. The molecule has 0 radical (unpaired) electrons. The predicted molar refractivity (Wildman–Crippen MR) is 71.2 cm³/mol. The lowest BCUT2D eigenvalue weighted by atomic mass is 10.2. The van der Waals surface area contributed by atoms with Crippen LogP contribution in [0.5, 0.6) is 0 Å². The van der Waals surface area contributed by atoms with E-state index in [1.807, 2.05) is 29.8 Å². The van der Waals surface area contributed by atoms with E-state index in [1.54, 1.807) is 25.3 Å². The Balaban J connectivity index is 2.20. The number of carboxylic acids is 1. The topological polar surface area (TPSA) is 71.2 Å². The fraction of sp³-hybridized carbons (Fsp3) is 0.308. The number of aromatic carboxylic acids is 1. The smallest absolute Gasteiger partial charge is 0.337 e. The second kappa shape index (κ2) is 5.09. The largest absolute Gasteiger partial charge is 0.478 e. The van der Waals surface area contributed by atoms with E-state index >= 15 is 0 Å². The lowest BCUT2D eigenvalue weighted by molar-refractivity contribution is 0.0695. The summed E-state index contributed by atoms with van der Waals surface area (Å²) in [5.41, 5.74) is 0.742. The van der Waals surface area contributed by atoms with E-state index in [1.165, 1.54) is 0 Å². The number of anilines is 1. The van der Waals surface area contributed by atoms with Crippen LogP contribution in [0.3, 0.4) is 0 Å². The molecule has 6 heteroatoms. The van der Waals surface area contributed by atoms with Gasteiger partial charge in [0.05, 0.1) is 17.8 Å². The molecule has 0 spiro atoms. The van der Waals surface area contributed by atoms with E-state index in [0.717, 1.165) is 11.6 Å². The highest BCUT2D eigenvalue weighted by Gasteiger charge is 2.12. The van der Waals surface area contributed by atoms with E-state index in [9.17, 15) is 4.79 Å². The minimum atomic E-state index is -0.955. The molecule has 0 aliphatic heterocycles. The summed E-state index contributed by atoms with van der Waals surface area (Å²) < 4.78 is 1.94. The summed E-state index contributed by atoms with van der Waals surface area (Å²) in [6.45, 7) is 2.31. The van der Waals surface area contributed by atoms with Crippen LogP contribution < -0.4 is 4.90 Å². The zero-order chi connectivity index (χ0) is 14.0. The van der Waals surface area contributed by atoms with Crippen LogP contribution in [-0.4, -0.2) is 32.7 Å². The highest BCUT2D eigenvalue weighted by Crippen LogP contribution is 2.15. The second-order valence-electron chi connectivity index (χ2n) is 4.42. The number of rotatable bonds is 4. The Morgan fingerprint density at radius 1 is 1.47 bits per heavy atom. The lowest BCUT2D eigenvalue weighted by Crippen LogP contribution is -2.20. The molecule has 0 saturated heterocycles. The maximum absolute atomic E-state index is 10.9. The third-order valence-electron chi connectivity index (χ3n) is 2.99. The van der Waals surface area contributed by atoms with Gasteiger partial charge >= 0.3 is 5.97 Å². The number of hydrogen-bond donors (Lipinski definition) is 1. The van der Waals surface area contributed by atoms with Crippen LogP contribution >= 0.6 is 0 Å². The Hall–Kier alpha value is -2.37. The molecule has 100 valence electrons. The maximum Gasteiger partial charge on any atom is 0.337 e. The molecule has 1 N–H and O–H groups in total. The number of imidazole rings is 1. The first-order chi connectivity index (χ1) is 8.99. The average molecular weight is 260 g/mol. The molecule has 0 aromatic carbocycles. The van der Waals surface area contributed by atoms with Crippen LogP contribution in [0.15, 0.2) is 24.5 Å². The molecule has 2 aromatic heterocycles. The van der Waals surface area contributed by atoms with Gasteiger partial charge < -0.3 is 14.6 Å². The standard InChI is InChI=1S/C13H16N4O2/c1-9-10(13(18)19)4-5-11(15-9)17(3)8-12-14-6-7-16(12)2/h4-7H,8H2,1-3H3,(H,18,19). The van der Waals surface area contributed by atoms with E-state index < -0.39 is 5.97 Å². The number of hydrogen-bond acceptors (Lipinski definition) is 4. The summed E-state index contributed by atoms with van der Waals surface area (Å²) in [7, 11) is 3.83. The summed E-state index contributed by atoms with van der Waals surface area (Å²) in [6.07, 6.45) is 3.63. The summed E-state index contributed by atoms with van der Waals surface area (Å²) >= 11 is 0. The number of pyridine rings is 1. The van der Waals surface area contributed by atoms with E-state index in [2.05, 4.69) is 9.97 Å². The molecule has 0 aliphatic rings. The average Bonchev–Trinajstić information content (AvgIpc) is 2.74. The Kier molecular flexibility index (Phi) is 3.50. The predicted octanol–water partition coefficient (Wildman–Crippen LogP) is 1.46. The molecular weight excluding hydrogens is 244 g/mol. The van der Waals surface area contributed by atoms with Crippen molar-refractivity contribution in [1.29, 1.82) is 0 Å². The minimum Gasteiger partial charge on any atom is -0.478 e. The van der Waals surface area contributed by atoms with Gasteiger partial charge in [-0.15, -0.1) is 0 Å². The molecule has 0 saturated carbocycles. The zero-order valence-electron chi connectivity index (χ0n) is 11.2. The molecule has 6 nitrogen and oxygen atoms in total. The van der Waals surface area contributed by atoms with E-state index in [-0.39, 0.29) is 5.56 Å². The van der Waals surface area contributed by atoms with Crippen molar-refractivity contribution in [1.82, 2.24) is 14.5 Å². The Labute approximate surface area is 111 Å². The molecule has 0 aliphatic carbocycles. The molecule has 0 fully saturated rings. The van der Waals surface area contributed by atoms with Crippen LogP contribution in [0.2, 0.25) is 0 Å². The highest BCUT2D eigenvalue weighted by atomic mass is 16.4. The van der Waals surface area contributed by atoms with Crippen LogP contribution in [0.1, 0.15) is 21.9 Å². The van der Waals surface area contributed by atoms with Crippen molar-refractivity contribution in [3.8, 4) is 0 Å². The van der Waals surface area contributed by atoms with E-state index in [4.69, 9.17) is 5.11 Å². The summed E-state index contributed by atoms with van der Waals surface area (Å²) in [5, 5.41) is 8.97. The summed E-state index contributed by atoms with van der Waals surface area (Å²) in [5.74, 6) is 0.693. The molecule has 2 heterocycles. The van der Waals surface area contributed by atoms with E-state index in [0.29, 0.717) is 12.2 Å². The monoisotopic (exact) mass is 260 g/mol. The first kappa shape index (κ1) is 13.1. The molecule has 0 atom stereocenters. The van der Waals surface area contributed by atoms with Crippen molar-refractivity contribution in [2.24, 2.45) is 7.05 Å². The summed E-state index contributed by atoms with van der Waals surface area (Å²) in [6, 6.07) is 3.29. The quantitative estimate of drug-likeness (QED) is 0.901. The fourth-order valence-corrected chi connectivity index (χ4v) is 1.83. The number of carbonyl (C=O) groups is 1. The van der Waals surface area contributed by atoms with Crippen LogP contribution in [0.25, 0.3) is 0 Å². The molecule has 2 rings (SSSR count). The van der Waals surface area contributed by atoms with Crippen LogP contribution in [-0.2, 0) is 13.6 Å². The minimum absolute atomic E-state index is 0.231. The highest BCUT2D eigenvalue weighted by molar-refractivity contribution is 5.89. The van der Waals surface area contributed by atoms with Gasteiger partial charge in [-0.1, -0.05) is 0 Å². The van der Waals surface area contributed by atoms with Gasteiger partial charge in [-0.25, -0.2) is 14.8 Å². The third-order valence-corrected chi connectivity index (χ3v) is 2.99. The van der Waals surface area contributed by atoms with Crippen molar-refractivity contribution in [3.63, 3.8) is 0 Å². The number of aromatic nitrogens is 3.